The Labute approximate surface area is 141 Å². The summed E-state index contributed by atoms with van der Waals surface area (Å²) in [6.07, 6.45) is 5.63. The van der Waals surface area contributed by atoms with Gasteiger partial charge < -0.3 is 14.8 Å². The van der Waals surface area contributed by atoms with Crippen molar-refractivity contribution >= 4 is 5.97 Å². The van der Waals surface area contributed by atoms with Crippen LogP contribution in [0.4, 0.5) is 0 Å². The van der Waals surface area contributed by atoms with Gasteiger partial charge in [0.05, 0.1) is 31.7 Å². The van der Waals surface area contributed by atoms with Gasteiger partial charge in [-0.05, 0) is 44.0 Å². The highest BCUT2D eigenvalue weighted by atomic mass is 16.5. The summed E-state index contributed by atoms with van der Waals surface area (Å²) >= 11 is 0. The lowest BCUT2D eigenvalue weighted by Crippen LogP contribution is -2.30. The summed E-state index contributed by atoms with van der Waals surface area (Å²) < 4.78 is 10.5. The zero-order valence-electron chi connectivity index (χ0n) is 13.7. The maximum Gasteiger partial charge on any atom is 0.337 e. The van der Waals surface area contributed by atoms with Crippen molar-refractivity contribution in [2.24, 2.45) is 5.92 Å². The van der Waals surface area contributed by atoms with Crippen LogP contribution in [-0.4, -0.2) is 42.7 Å². The van der Waals surface area contributed by atoms with Crippen molar-refractivity contribution < 1.29 is 14.3 Å². The van der Waals surface area contributed by atoms with Gasteiger partial charge in [-0.25, -0.2) is 14.8 Å². The molecule has 0 atom stereocenters. The Morgan fingerprint density at radius 3 is 2.71 bits per heavy atom. The second-order valence-electron chi connectivity index (χ2n) is 5.82. The summed E-state index contributed by atoms with van der Waals surface area (Å²) in [5, 5.41) is 3.34. The molecule has 24 heavy (non-hydrogen) atoms. The Balaban J connectivity index is 1.64. The van der Waals surface area contributed by atoms with E-state index >= 15 is 0 Å². The quantitative estimate of drug-likeness (QED) is 0.850. The molecule has 1 saturated heterocycles. The predicted octanol–water partition coefficient (Wildman–Crippen LogP) is 2.31. The fourth-order valence-corrected chi connectivity index (χ4v) is 2.71. The fraction of sp³-hybridized carbons (Fsp3) is 0.389. The van der Waals surface area contributed by atoms with Crippen molar-refractivity contribution in [1.29, 1.82) is 0 Å². The van der Waals surface area contributed by atoms with Gasteiger partial charge in [-0.15, -0.1) is 0 Å². The number of hydrogen-bond acceptors (Lipinski definition) is 6. The second kappa shape index (κ2) is 7.88. The number of methoxy groups -OCH3 is 1. The lowest BCUT2D eigenvalue weighted by molar-refractivity contribution is 0.0601. The van der Waals surface area contributed by atoms with Gasteiger partial charge in [-0.2, -0.15) is 0 Å². The van der Waals surface area contributed by atoms with Crippen LogP contribution in [-0.2, 0) is 4.74 Å². The molecule has 0 radical (unpaired) electrons. The van der Waals surface area contributed by atoms with Gasteiger partial charge in [0, 0.05) is 5.56 Å². The number of carbonyl (C=O) groups excluding carboxylic acids is 1. The maximum atomic E-state index is 11.6. The molecule has 1 aromatic carbocycles. The van der Waals surface area contributed by atoms with E-state index in [9.17, 15) is 4.79 Å². The molecule has 0 aliphatic carbocycles. The molecule has 6 heteroatoms. The van der Waals surface area contributed by atoms with Crippen molar-refractivity contribution in [3.05, 3.63) is 42.2 Å². The molecular weight excluding hydrogens is 306 g/mol. The van der Waals surface area contributed by atoms with Crippen LogP contribution in [0.15, 0.2) is 36.7 Å². The van der Waals surface area contributed by atoms with E-state index in [0.29, 0.717) is 29.7 Å². The predicted molar refractivity (Wildman–Crippen MR) is 89.9 cm³/mol. The minimum atomic E-state index is -0.376. The highest BCUT2D eigenvalue weighted by Crippen LogP contribution is 2.19. The molecule has 2 aromatic rings. The third-order valence-corrected chi connectivity index (χ3v) is 4.11. The number of carbonyl (C=O) groups is 1. The van der Waals surface area contributed by atoms with Gasteiger partial charge in [-0.3, -0.25) is 0 Å². The van der Waals surface area contributed by atoms with Crippen LogP contribution in [0.3, 0.4) is 0 Å². The average Bonchev–Trinajstić information content (AvgIpc) is 2.67. The van der Waals surface area contributed by atoms with E-state index in [4.69, 9.17) is 9.47 Å². The Kier molecular flexibility index (Phi) is 5.38. The molecule has 1 aliphatic heterocycles. The van der Waals surface area contributed by atoms with Crippen LogP contribution in [0.1, 0.15) is 23.2 Å². The van der Waals surface area contributed by atoms with E-state index in [1.165, 1.54) is 7.11 Å². The molecule has 0 spiro atoms. The molecule has 1 aliphatic rings. The van der Waals surface area contributed by atoms with Gasteiger partial charge in [-0.1, -0.05) is 12.1 Å². The molecule has 0 saturated carbocycles. The van der Waals surface area contributed by atoms with Crippen molar-refractivity contribution in [1.82, 2.24) is 15.3 Å². The summed E-state index contributed by atoms with van der Waals surface area (Å²) in [6, 6.07) is 7.06. The van der Waals surface area contributed by atoms with E-state index in [1.807, 2.05) is 6.07 Å². The van der Waals surface area contributed by atoms with Crippen LogP contribution >= 0.6 is 0 Å². The fourth-order valence-electron chi connectivity index (χ4n) is 2.71. The first-order valence-electron chi connectivity index (χ1n) is 8.10. The first-order chi connectivity index (χ1) is 11.8. The van der Waals surface area contributed by atoms with Gasteiger partial charge in [0.2, 0.25) is 0 Å². The summed E-state index contributed by atoms with van der Waals surface area (Å²) in [4.78, 5) is 20.3. The van der Waals surface area contributed by atoms with Crippen LogP contribution < -0.4 is 10.1 Å². The number of nitrogens with zero attached hydrogens (tertiary/aromatic N) is 2. The monoisotopic (exact) mass is 327 g/mol. The lowest BCUT2D eigenvalue weighted by atomic mass is 9.99. The first-order valence-corrected chi connectivity index (χ1v) is 8.10. The molecule has 1 fully saturated rings. The summed E-state index contributed by atoms with van der Waals surface area (Å²) in [5.41, 5.74) is 1.24. The number of aromatic nitrogens is 2. The van der Waals surface area contributed by atoms with Gasteiger partial charge in [0.1, 0.15) is 0 Å². The number of ether oxygens (including phenoxy) is 2. The average molecular weight is 327 g/mol. The minimum absolute atomic E-state index is 0.376. The summed E-state index contributed by atoms with van der Waals surface area (Å²) in [5.74, 6) is 1.43. The summed E-state index contributed by atoms with van der Waals surface area (Å²) in [7, 11) is 1.36. The molecule has 6 nitrogen and oxygen atoms in total. The van der Waals surface area contributed by atoms with Crippen molar-refractivity contribution in [2.45, 2.75) is 12.8 Å². The number of esters is 1. The largest absolute Gasteiger partial charge is 0.490 e. The first kappa shape index (κ1) is 16.4. The van der Waals surface area contributed by atoms with E-state index in [1.54, 1.807) is 30.6 Å². The lowest BCUT2D eigenvalue weighted by Gasteiger charge is -2.22. The SMILES string of the molecule is COC(=O)c1cccc(-c2ncc(OCC3CCNCC3)cn2)c1. The highest BCUT2D eigenvalue weighted by molar-refractivity contribution is 5.90. The Hall–Kier alpha value is -2.47. The number of benzene rings is 1. The van der Waals surface area contributed by atoms with Gasteiger partial charge in [0.15, 0.2) is 11.6 Å². The smallest absolute Gasteiger partial charge is 0.337 e. The second-order valence-corrected chi connectivity index (χ2v) is 5.82. The highest BCUT2D eigenvalue weighted by Gasteiger charge is 2.14. The Bertz CT molecular complexity index is 682. The Morgan fingerprint density at radius 2 is 2.00 bits per heavy atom. The van der Waals surface area contributed by atoms with Crippen LogP contribution in [0.25, 0.3) is 11.4 Å². The number of hydrogen-bond donors (Lipinski definition) is 1. The van der Waals surface area contributed by atoms with Crippen molar-refractivity contribution in [3.63, 3.8) is 0 Å². The number of rotatable bonds is 5. The van der Waals surface area contributed by atoms with Crippen LogP contribution in [0.2, 0.25) is 0 Å². The molecule has 2 heterocycles. The van der Waals surface area contributed by atoms with Crippen LogP contribution in [0, 0.1) is 5.92 Å². The van der Waals surface area contributed by atoms with Crippen molar-refractivity contribution in [3.8, 4) is 17.1 Å². The zero-order chi connectivity index (χ0) is 16.8. The molecule has 1 N–H and O–H groups in total. The standard InChI is InChI=1S/C18H21N3O3/c1-23-18(22)15-4-2-3-14(9-15)17-20-10-16(11-21-17)24-12-13-5-7-19-8-6-13/h2-4,9-11,13,19H,5-8,12H2,1H3. The number of nitrogens with one attached hydrogen (secondary N) is 1. The van der Waals surface area contributed by atoms with E-state index in [0.717, 1.165) is 31.5 Å². The number of piperidine rings is 1. The van der Waals surface area contributed by atoms with E-state index in [2.05, 4.69) is 15.3 Å². The maximum absolute atomic E-state index is 11.6. The molecule has 1 aromatic heterocycles. The molecule has 0 unspecified atom stereocenters. The molecule has 3 rings (SSSR count). The minimum Gasteiger partial charge on any atom is -0.490 e. The summed E-state index contributed by atoms with van der Waals surface area (Å²) in [6.45, 7) is 2.81. The van der Waals surface area contributed by atoms with Gasteiger partial charge >= 0.3 is 5.97 Å². The molecule has 126 valence electrons. The normalized spacial score (nSPS) is 15.0. The molecule has 0 amide bonds. The zero-order valence-corrected chi connectivity index (χ0v) is 13.7. The van der Waals surface area contributed by atoms with Gasteiger partial charge in [0.25, 0.3) is 0 Å². The van der Waals surface area contributed by atoms with E-state index < -0.39 is 0 Å². The topological polar surface area (TPSA) is 73.3 Å². The third kappa shape index (κ3) is 4.08. The van der Waals surface area contributed by atoms with E-state index in [-0.39, 0.29) is 5.97 Å². The molecular formula is C18H21N3O3. The Morgan fingerprint density at radius 1 is 1.25 bits per heavy atom. The van der Waals surface area contributed by atoms with Crippen molar-refractivity contribution in [2.75, 3.05) is 26.8 Å². The third-order valence-electron chi connectivity index (χ3n) is 4.11. The van der Waals surface area contributed by atoms with Crippen LogP contribution in [0.5, 0.6) is 5.75 Å². The molecule has 0 bridgehead atoms.